The van der Waals surface area contributed by atoms with Crippen LogP contribution in [0.25, 0.3) is 27.8 Å². The third-order valence-corrected chi connectivity index (χ3v) is 10.2. The van der Waals surface area contributed by atoms with Crippen molar-refractivity contribution in [2.45, 2.75) is 77.9 Å². The van der Waals surface area contributed by atoms with Gasteiger partial charge < -0.3 is 9.84 Å². The Morgan fingerprint density at radius 3 is 2.58 bits per heavy atom. The summed E-state index contributed by atoms with van der Waals surface area (Å²) >= 11 is 0. The van der Waals surface area contributed by atoms with Crippen LogP contribution in [-0.2, 0) is 16.1 Å². The van der Waals surface area contributed by atoms with Crippen molar-refractivity contribution in [1.82, 2.24) is 24.5 Å². The number of aryl methyl sites for hydroxylation is 1. The Morgan fingerprint density at radius 2 is 1.87 bits per heavy atom. The van der Waals surface area contributed by atoms with Crippen molar-refractivity contribution in [3.8, 4) is 16.9 Å². The fourth-order valence-electron chi connectivity index (χ4n) is 7.73. The van der Waals surface area contributed by atoms with E-state index < -0.39 is 6.10 Å². The van der Waals surface area contributed by atoms with Gasteiger partial charge in [-0.25, -0.2) is 4.68 Å². The van der Waals surface area contributed by atoms with Crippen LogP contribution >= 0.6 is 0 Å². The maximum absolute atomic E-state index is 12.3. The molecule has 2 fully saturated rings. The lowest BCUT2D eigenvalue weighted by Gasteiger charge is -2.26. The number of hydrogen-bond acceptors (Lipinski definition) is 6. The van der Waals surface area contributed by atoms with Crippen molar-refractivity contribution < 1.29 is 14.6 Å². The van der Waals surface area contributed by atoms with Gasteiger partial charge in [-0.1, -0.05) is 56.3 Å². The molecule has 3 heterocycles. The first-order chi connectivity index (χ1) is 21.7. The minimum atomic E-state index is -0.650. The van der Waals surface area contributed by atoms with E-state index in [0.717, 1.165) is 76.2 Å². The summed E-state index contributed by atoms with van der Waals surface area (Å²) in [5.74, 6) is 0.980. The second kappa shape index (κ2) is 11.2. The van der Waals surface area contributed by atoms with Crippen LogP contribution in [0.1, 0.15) is 85.7 Å². The van der Waals surface area contributed by atoms with Crippen LogP contribution in [0.4, 0.5) is 0 Å². The first-order valence-electron chi connectivity index (χ1n) is 16.1. The quantitative estimate of drug-likeness (QED) is 0.189. The van der Waals surface area contributed by atoms with Crippen LogP contribution in [0, 0.1) is 25.2 Å². The SMILES string of the molecule is COC(=O)[C@]12CC[C@@H](c3ccc(-n4nc(-c5cccc6nn(C[C@H](O)c7ccccc7)cc56)c(C(C)C)c4C)c(C)n3)C[C@H]1C2. The fourth-order valence-corrected chi connectivity index (χ4v) is 7.73. The van der Waals surface area contributed by atoms with Gasteiger partial charge in [-0.15, -0.1) is 0 Å². The monoisotopic (exact) mass is 603 g/mol. The summed E-state index contributed by atoms with van der Waals surface area (Å²) in [6.07, 6.45) is 5.15. The lowest BCUT2D eigenvalue weighted by atomic mass is 9.80. The molecule has 8 nitrogen and oxygen atoms in total. The van der Waals surface area contributed by atoms with Gasteiger partial charge in [0.25, 0.3) is 0 Å². The number of carbonyl (C=O) groups is 1. The minimum Gasteiger partial charge on any atom is -0.469 e. The van der Waals surface area contributed by atoms with E-state index in [9.17, 15) is 9.90 Å². The van der Waals surface area contributed by atoms with Crippen LogP contribution in [-0.4, -0.2) is 42.7 Å². The van der Waals surface area contributed by atoms with Gasteiger partial charge in [0.1, 0.15) is 0 Å². The molecule has 3 aromatic heterocycles. The number of carbonyl (C=O) groups excluding carboxylic acids is 1. The summed E-state index contributed by atoms with van der Waals surface area (Å²) in [5, 5.41) is 21.9. The number of nitrogens with zero attached hydrogens (tertiary/aromatic N) is 5. The maximum atomic E-state index is 12.3. The molecule has 8 heteroatoms. The number of rotatable bonds is 8. The molecule has 4 atom stereocenters. The molecule has 232 valence electrons. The summed E-state index contributed by atoms with van der Waals surface area (Å²) in [5.41, 5.74) is 8.79. The van der Waals surface area contributed by atoms with E-state index in [1.54, 1.807) is 0 Å². The van der Waals surface area contributed by atoms with Crippen molar-refractivity contribution in [1.29, 1.82) is 0 Å². The number of esters is 1. The third kappa shape index (κ3) is 5.05. The van der Waals surface area contributed by atoms with Crippen molar-refractivity contribution in [3.05, 3.63) is 95.1 Å². The van der Waals surface area contributed by atoms with Gasteiger partial charge in [-0.3, -0.25) is 14.5 Å². The molecule has 0 aliphatic heterocycles. The summed E-state index contributed by atoms with van der Waals surface area (Å²) in [4.78, 5) is 17.5. The number of ether oxygens (including phenoxy) is 1. The number of hydrogen-bond donors (Lipinski definition) is 1. The van der Waals surface area contributed by atoms with Crippen LogP contribution < -0.4 is 0 Å². The molecule has 2 aromatic carbocycles. The zero-order valence-electron chi connectivity index (χ0n) is 26.7. The van der Waals surface area contributed by atoms with Gasteiger partial charge in [0.15, 0.2) is 0 Å². The van der Waals surface area contributed by atoms with Gasteiger partial charge in [0.2, 0.25) is 0 Å². The second-order valence-corrected chi connectivity index (χ2v) is 13.3. The van der Waals surface area contributed by atoms with Gasteiger partial charge in [0.05, 0.1) is 47.8 Å². The summed E-state index contributed by atoms with van der Waals surface area (Å²) in [6.45, 7) is 8.99. The second-order valence-electron chi connectivity index (χ2n) is 13.3. The lowest BCUT2D eigenvalue weighted by molar-refractivity contribution is -0.148. The molecule has 0 spiro atoms. The summed E-state index contributed by atoms with van der Waals surface area (Å²) < 4.78 is 8.99. The molecular weight excluding hydrogens is 562 g/mol. The third-order valence-electron chi connectivity index (χ3n) is 10.2. The standard InChI is InChI=1S/C37H41N5O3/c1-22(2)34-24(4)42(32-15-14-30(38-23(32)3)26-16-17-37(36(44)45-5)19-27(37)18-26)40-35(34)28-12-9-13-31-29(28)20-41(39-31)21-33(43)25-10-7-6-8-11-25/h6-15,20,22,26-27,33,43H,16-19,21H2,1-5H3/t26-,27+,33+,37+/m1/s1. The van der Waals surface area contributed by atoms with Crippen molar-refractivity contribution >= 4 is 16.9 Å². The normalized spacial score (nSPS) is 21.6. The van der Waals surface area contributed by atoms with E-state index in [1.165, 1.54) is 12.7 Å². The average molecular weight is 604 g/mol. The van der Waals surface area contributed by atoms with E-state index in [1.807, 2.05) is 58.0 Å². The number of aliphatic hydroxyl groups excluding tert-OH is 1. The van der Waals surface area contributed by atoms with E-state index in [-0.39, 0.29) is 17.3 Å². The molecule has 1 N–H and O–H groups in total. The van der Waals surface area contributed by atoms with Gasteiger partial charge in [-0.05, 0) is 75.1 Å². The highest BCUT2D eigenvalue weighted by atomic mass is 16.5. The molecule has 0 unspecified atom stereocenters. The Labute approximate surface area is 264 Å². The summed E-state index contributed by atoms with van der Waals surface area (Å²) in [6, 6.07) is 20.2. The number of aliphatic hydroxyl groups is 1. The molecule has 0 bridgehead atoms. The highest BCUT2D eigenvalue weighted by molar-refractivity contribution is 5.94. The van der Waals surface area contributed by atoms with Crippen LogP contribution in [0.5, 0.6) is 0 Å². The summed E-state index contributed by atoms with van der Waals surface area (Å²) in [7, 11) is 1.50. The van der Waals surface area contributed by atoms with E-state index >= 15 is 0 Å². The molecule has 45 heavy (non-hydrogen) atoms. The van der Waals surface area contributed by atoms with Gasteiger partial charge in [-0.2, -0.15) is 10.2 Å². The molecule has 5 aromatic rings. The number of methoxy groups -OCH3 is 1. The van der Waals surface area contributed by atoms with E-state index in [0.29, 0.717) is 18.4 Å². The van der Waals surface area contributed by atoms with Gasteiger partial charge >= 0.3 is 5.97 Å². The topological polar surface area (TPSA) is 95.1 Å². The molecule has 0 amide bonds. The fraction of sp³-hybridized carbons (Fsp3) is 0.405. The first kappa shape index (κ1) is 29.4. The molecule has 2 saturated carbocycles. The van der Waals surface area contributed by atoms with Crippen molar-refractivity contribution in [2.24, 2.45) is 11.3 Å². The number of benzene rings is 2. The van der Waals surface area contributed by atoms with E-state index in [4.69, 9.17) is 19.9 Å². The predicted molar refractivity (Wildman–Crippen MR) is 174 cm³/mol. The van der Waals surface area contributed by atoms with Crippen molar-refractivity contribution in [3.63, 3.8) is 0 Å². The first-order valence-corrected chi connectivity index (χ1v) is 16.1. The van der Waals surface area contributed by atoms with Crippen LogP contribution in [0.15, 0.2) is 66.9 Å². The molecule has 7 rings (SSSR count). The Morgan fingerprint density at radius 1 is 1.07 bits per heavy atom. The molecule has 2 aliphatic carbocycles. The average Bonchev–Trinajstić information content (AvgIpc) is 3.49. The Balaban J connectivity index is 1.20. The molecule has 0 radical (unpaired) electrons. The molecular formula is C37H41N5O3. The lowest BCUT2D eigenvalue weighted by Crippen LogP contribution is -2.25. The maximum Gasteiger partial charge on any atom is 0.312 e. The predicted octanol–water partition coefficient (Wildman–Crippen LogP) is 7.20. The minimum absolute atomic E-state index is 0.0378. The smallest absolute Gasteiger partial charge is 0.312 e. The zero-order chi connectivity index (χ0) is 31.5. The highest BCUT2D eigenvalue weighted by Crippen LogP contribution is 2.64. The van der Waals surface area contributed by atoms with E-state index in [2.05, 4.69) is 45.9 Å². The Hall–Kier alpha value is -4.30. The van der Waals surface area contributed by atoms with Crippen LogP contribution in [0.2, 0.25) is 0 Å². The van der Waals surface area contributed by atoms with Crippen molar-refractivity contribution in [2.75, 3.05) is 7.11 Å². The molecule has 0 saturated heterocycles. The Bertz CT molecular complexity index is 1890. The largest absolute Gasteiger partial charge is 0.469 e. The number of pyridine rings is 1. The number of fused-ring (bicyclic) bond motifs is 2. The highest BCUT2D eigenvalue weighted by Gasteiger charge is 2.62. The zero-order valence-corrected chi connectivity index (χ0v) is 26.7. The van der Waals surface area contributed by atoms with Crippen LogP contribution in [0.3, 0.4) is 0 Å². The number of aromatic nitrogens is 5. The van der Waals surface area contributed by atoms with Gasteiger partial charge in [0, 0.05) is 40.0 Å². The Kier molecular flexibility index (Phi) is 7.35. The molecule has 2 aliphatic rings.